The molecule has 0 saturated heterocycles. The Morgan fingerprint density at radius 1 is 1.38 bits per heavy atom. The van der Waals surface area contributed by atoms with Crippen molar-refractivity contribution in [1.82, 2.24) is 9.88 Å². The van der Waals surface area contributed by atoms with Crippen molar-refractivity contribution in [2.45, 2.75) is 57.7 Å². The fourth-order valence-electron chi connectivity index (χ4n) is 2.78. The van der Waals surface area contributed by atoms with Crippen molar-refractivity contribution in [3.63, 3.8) is 0 Å². The molecule has 0 aromatic carbocycles. The van der Waals surface area contributed by atoms with Gasteiger partial charge in [-0.1, -0.05) is 13.8 Å². The summed E-state index contributed by atoms with van der Waals surface area (Å²) in [4.78, 5) is 23.8. The fraction of sp³-hybridized carbons (Fsp3) is 0.647. The number of aromatic nitrogens is 1. The highest BCUT2D eigenvalue weighted by atomic mass is 79.9. The molecule has 0 bridgehead atoms. The highest BCUT2D eigenvalue weighted by Gasteiger charge is 2.26. The third-order valence-corrected chi connectivity index (χ3v) is 5.08. The zero-order valence-electron chi connectivity index (χ0n) is 14.4. The summed E-state index contributed by atoms with van der Waals surface area (Å²) in [6, 6.07) is 1.18. The topological polar surface area (TPSA) is 86.4 Å². The number of hydrogen-bond donors (Lipinski definition) is 2. The van der Waals surface area contributed by atoms with Gasteiger partial charge in [-0.25, -0.2) is 0 Å². The Kier molecular flexibility index (Phi) is 6.46. The monoisotopic (exact) mass is 399 g/mol. The molecule has 0 spiro atoms. The van der Waals surface area contributed by atoms with Crippen LogP contribution in [0.15, 0.2) is 21.5 Å². The van der Waals surface area contributed by atoms with Gasteiger partial charge in [0.15, 0.2) is 0 Å². The van der Waals surface area contributed by atoms with E-state index in [2.05, 4.69) is 21.2 Å². The van der Waals surface area contributed by atoms with Crippen LogP contribution >= 0.6 is 15.9 Å². The zero-order valence-corrected chi connectivity index (χ0v) is 16.0. The van der Waals surface area contributed by atoms with Crippen LogP contribution in [0.2, 0.25) is 0 Å². The van der Waals surface area contributed by atoms with Crippen LogP contribution in [0, 0.1) is 5.92 Å². The number of halogens is 1. The first-order valence-corrected chi connectivity index (χ1v) is 9.16. The molecule has 1 atom stereocenters. The van der Waals surface area contributed by atoms with E-state index in [0.717, 1.165) is 30.2 Å². The van der Waals surface area contributed by atoms with Crippen molar-refractivity contribution in [1.29, 1.82) is 0 Å². The second kappa shape index (κ2) is 8.16. The van der Waals surface area contributed by atoms with Crippen molar-refractivity contribution >= 4 is 21.8 Å². The van der Waals surface area contributed by atoms with Crippen LogP contribution in [0.5, 0.6) is 5.75 Å². The Morgan fingerprint density at radius 2 is 2.00 bits per heavy atom. The second-order valence-corrected chi connectivity index (χ2v) is 7.66. The molecule has 1 amide bonds. The van der Waals surface area contributed by atoms with Gasteiger partial charge in [-0.3, -0.25) is 9.59 Å². The molecule has 1 heterocycles. The van der Waals surface area contributed by atoms with Crippen molar-refractivity contribution in [2.75, 3.05) is 0 Å². The van der Waals surface area contributed by atoms with Gasteiger partial charge in [0.05, 0.1) is 16.6 Å². The van der Waals surface area contributed by atoms with Gasteiger partial charge in [0.25, 0.3) is 5.56 Å². The van der Waals surface area contributed by atoms with Gasteiger partial charge in [0, 0.05) is 25.4 Å². The first-order valence-electron chi connectivity index (χ1n) is 8.36. The number of hydrogen-bond acceptors (Lipinski definition) is 4. The standard InChI is InChI=1S/C17H26BrN3O3/c1-10(2)16(19)17(23)20-11-4-6-12(7-5-11)24-14-8-15(22)21(3)9-13(14)18/h8-12,16H,4-7,19H2,1-3H3,(H,20,23)/t11?,12?,16-/m1/s1. The lowest BCUT2D eigenvalue weighted by molar-refractivity contribution is -0.124. The lowest BCUT2D eigenvalue weighted by Crippen LogP contribution is -2.49. The Bertz CT molecular complexity index is 636. The number of nitrogens with one attached hydrogen (secondary N) is 1. The zero-order chi connectivity index (χ0) is 17.9. The van der Waals surface area contributed by atoms with E-state index >= 15 is 0 Å². The number of nitrogens with zero attached hydrogens (tertiary/aromatic N) is 1. The van der Waals surface area contributed by atoms with Gasteiger partial charge in [-0.05, 0) is 47.5 Å². The molecule has 0 radical (unpaired) electrons. The number of nitrogens with two attached hydrogens (primary N) is 1. The normalized spacial score (nSPS) is 22.2. The lowest BCUT2D eigenvalue weighted by atomic mass is 9.92. The van der Waals surface area contributed by atoms with Crippen LogP contribution in [0.25, 0.3) is 0 Å². The maximum atomic E-state index is 12.0. The summed E-state index contributed by atoms with van der Waals surface area (Å²) in [5, 5.41) is 3.03. The molecule has 1 fully saturated rings. The first-order chi connectivity index (χ1) is 11.3. The van der Waals surface area contributed by atoms with E-state index in [1.807, 2.05) is 13.8 Å². The molecular formula is C17H26BrN3O3. The average molecular weight is 400 g/mol. The Morgan fingerprint density at radius 3 is 2.58 bits per heavy atom. The lowest BCUT2D eigenvalue weighted by Gasteiger charge is -2.30. The molecular weight excluding hydrogens is 374 g/mol. The van der Waals surface area contributed by atoms with Crippen molar-refractivity contribution in [3.05, 3.63) is 27.1 Å². The minimum absolute atomic E-state index is 0.0559. The van der Waals surface area contributed by atoms with Crippen LogP contribution in [-0.4, -0.2) is 28.7 Å². The molecule has 3 N–H and O–H groups in total. The smallest absolute Gasteiger partial charge is 0.254 e. The highest BCUT2D eigenvalue weighted by molar-refractivity contribution is 9.10. The fourth-order valence-corrected chi connectivity index (χ4v) is 3.29. The summed E-state index contributed by atoms with van der Waals surface area (Å²) in [5.74, 6) is 0.624. The minimum atomic E-state index is -0.463. The van der Waals surface area contributed by atoms with Gasteiger partial charge in [-0.15, -0.1) is 0 Å². The number of ether oxygens (including phenoxy) is 1. The second-order valence-electron chi connectivity index (χ2n) is 6.80. The molecule has 1 aliphatic rings. The molecule has 1 saturated carbocycles. The largest absolute Gasteiger partial charge is 0.489 e. The molecule has 6 nitrogen and oxygen atoms in total. The molecule has 1 aliphatic carbocycles. The Hall–Kier alpha value is -1.34. The summed E-state index contributed by atoms with van der Waals surface area (Å²) >= 11 is 3.43. The van der Waals surface area contributed by atoms with Crippen molar-refractivity contribution in [3.8, 4) is 5.75 Å². The van der Waals surface area contributed by atoms with E-state index in [1.165, 1.54) is 10.6 Å². The number of carbonyl (C=O) groups excluding carboxylic acids is 1. The third-order valence-electron chi connectivity index (χ3n) is 4.48. The summed E-state index contributed by atoms with van der Waals surface area (Å²) < 4.78 is 8.23. The van der Waals surface area contributed by atoms with Crippen LogP contribution in [0.3, 0.4) is 0 Å². The molecule has 134 valence electrons. The molecule has 1 aromatic rings. The molecule has 2 rings (SSSR count). The van der Waals surface area contributed by atoms with Crippen LogP contribution in [0.4, 0.5) is 0 Å². The summed E-state index contributed by atoms with van der Waals surface area (Å²) in [6.07, 6.45) is 5.14. The first kappa shape index (κ1) is 19.0. The quantitative estimate of drug-likeness (QED) is 0.791. The molecule has 1 aromatic heterocycles. The van der Waals surface area contributed by atoms with Crippen LogP contribution < -0.4 is 21.3 Å². The van der Waals surface area contributed by atoms with Crippen LogP contribution in [0.1, 0.15) is 39.5 Å². The Balaban J connectivity index is 1.86. The molecule has 0 unspecified atom stereocenters. The van der Waals surface area contributed by atoms with E-state index in [9.17, 15) is 9.59 Å². The number of pyridine rings is 1. The van der Waals surface area contributed by atoms with Gasteiger partial charge in [0.1, 0.15) is 5.75 Å². The van der Waals surface area contributed by atoms with E-state index in [0.29, 0.717) is 5.75 Å². The number of rotatable bonds is 5. The van der Waals surface area contributed by atoms with Gasteiger partial charge in [0.2, 0.25) is 5.91 Å². The van der Waals surface area contributed by atoms with Gasteiger partial charge < -0.3 is 20.4 Å². The maximum Gasteiger partial charge on any atom is 0.254 e. The Labute approximate surface area is 150 Å². The summed E-state index contributed by atoms with van der Waals surface area (Å²) in [5.41, 5.74) is 5.78. The predicted octanol–water partition coefficient (Wildman–Crippen LogP) is 1.94. The van der Waals surface area contributed by atoms with E-state index in [-0.39, 0.29) is 29.5 Å². The van der Waals surface area contributed by atoms with Crippen molar-refractivity contribution in [2.24, 2.45) is 18.7 Å². The van der Waals surface area contributed by atoms with E-state index in [1.54, 1.807) is 13.2 Å². The molecule has 24 heavy (non-hydrogen) atoms. The van der Waals surface area contributed by atoms with E-state index in [4.69, 9.17) is 10.5 Å². The van der Waals surface area contributed by atoms with Gasteiger partial charge in [-0.2, -0.15) is 0 Å². The molecule has 7 heteroatoms. The maximum absolute atomic E-state index is 12.0. The van der Waals surface area contributed by atoms with Crippen molar-refractivity contribution < 1.29 is 9.53 Å². The van der Waals surface area contributed by atoms with Crippen LogP contribution in [-0.2, 0) is 11.8 Å². The summed E-state index contributed by atoms with van der Waals surface area (Å²) in [7, 11) is 1.70. The number of carbonyl (C=O) groups is 1. The SMILES string of the molecule is CC(C)[C@@H](N)C(=O)NC1CCC(Oc2cc(=O)n(C)cc2Br)CC1. The minimum Gasteiger partial charge on any atom is -0.489 e. The number of amides is 1. The predicted molar refractivity (Wildman–Crippen MR) is 97.0 cm³/mol. The van der Waals surface area contributed by atoms with Gasteiger partial charge >= 0.3 is 0 Å². The highest BCUT2D eigenvalue weighted by Crippen LogP contribution is 2.28. The molecule has 0 aliphatic heterocycles. The summed E-state index contributed by atoms with van der Waals surface area (Å²) in [6.45, 7) is 3.88. The number of aryl methyl sites for hydroxylation is 1. The average Bonchev–Trinajstić information content (AvgIpc) is 2.53. The third kappa shape index (κ3) is 4.83. The van der Waals surface area contributed by atoms with E-state index < -0.39 is 6.04 Å².